The van der Waals surface area contributed by atoms with E-state index in [0.717, 1.165) is 38.0 Å². The minimum Gasteiger partial charge on any atom is -0.373 e. The van der Waals surface area contributed by atoms with E-state index >= 15 is 0 Å². The van der Waals surface area contributed by atoms with Crippen molar-refractivity contribution < 1.29 is 9.53 Å². The lowest BCUT2D eigenvalue weighted by Crippen LogP contribution is -2.48. The van der Waals surface area contributed by atoms with E-state index in [1.807, 2.05) is 18.3 Å². The van der Waals surface area contributed by atoms with Gasteiger partial charge < -0.3 is 9.64 Å². The number of nitrogens with zero attached hydrogens (tertiary/aromatic N) is 2. The number of pyridine rings is 1. The fraction of sp³-hybridized carbons (Fsp3) is 0.714. The Balaban J connectivity index is 1.25. The molecule has 148 valence electrons. The van der Waals surface area contributed by atoms with Crippen molar-refractivity contribution in [2.75, 3.05) is 19.6 Å². The van der Waals surface area contributed by atoms with Crippen molar-refractivity contribution in [1.82, 2.24) is 20.7 Å². The van der Waals surface area contributed by atoms with Crippen LogP contribution >= 0.6 is 0 Å². The van der Waals surface area contributed by atoms with Gasteiger partial charge in [0.05, 0.1) is 18.6 Å². The van der Waals surface area contributed by atoms with Crippen molar-refractivity contribution in [1.29, 1.82) is 0 Å². The molecule has 0 aromatic carbocycles. The second-order valence-electron chi connectivity index (χ2n) is 8.25. The summed E-state index contributed by atoms with van der Waals surface area (Å²) in [5.74, 6) is 1.05. The largest absolute Gasteiger partial charge is 0.373 e. The highest BCUT2D eigenvalue weighted by molar-refractivity contribution is 5.80. The Labute approximate surface area is 162 Å². The van der Waals surface area contributed by atoms with Gasteiger partial charge in [-0.25, -0.2) is 0 Å². The fourth-order valence-corrected chi connectivity index (χ4v) is 4.87. The summed E-state index contributed by atoms with van der Waals surface area (Å²) < 4.78 is 6.04. The number of aromatic nitrogens is 1. The maximum atomic E-state index is 13.1. The van der Waals surface area contributed by atoms with Gasteiger partial charge in [0, 0.05) is 38.1 Å². The van der Waals surface area contributed by atoms with Crippen LogP contribution in [0.2, 0.25) is 0 Å². The van der Waals surface area contributed by atoms with Crippen molar-refractivity contribution >= 4 is 5.91 Å². The maximum Gasteiger partial charge on any atom is 0.228 e. The van der Waals surface area contributed by atoms with Gasteiger partial charge in [0.15, 0.2) is 0 Å². The van der Waals surface area contributed by atoms with Crippen LogP contribution in [0.1, 0.15) is 50.5 Å². The standard InChI is InChI=1S/C21H32N4O2/c26-21(19-14-23-24-20(19)17-6-2-1-3-7-17)25-11-8-18(9-12-25)27-15-16-5-4-10-22-13-16/h4-5,10,13,17-20,23-24H,1-3,6-9,11-12,14-15H2. The normalized spacial score (nSPS) is 27.8. The number of carbonyl (C=O) groups is 1. The molecule has 0 spiro atoms. The summed E-state index contributed by atoms with van der Waals surface area (Å²) in [4.78, 5) is 19.3. The second kappa shape index (κ2) is 9.13. The molecule has 2 saturated heterocycles. The molecule has 27 heavy (non-hydrogen) atoms. The number of hydrogen-bond acceptors (Lipinski definition) is 5. The van der Waals surface area contributed by atoms with E-state index in [-0.39, 0.29) is 12.0 Å². The van der Waals surface area contributed by atoms with E-state index in [1.54, 1.807) is 6.20 Å². The summed E-state index contributed by atoms with van der Waals surface area (Å²) in [6.45, 7) is 2.99. The van der Waals surface area contributed by atoms with E-state index in [2.05, 4.69) is 20.7 Å². The number of carbonyl (C=O) groups excluding carboxylic acids is 1. The average molecular weight is 373 g/mol. The topological polar surface area (TPSA) is 66.5 Å². The fourth-order valence-electron chi connectivity index (χ4n) is 4.87. The Morgan fingerprint density at radius 1 is 1.19 bits per heavy atom. The summed E-state index contributed by atoms with van der Waals surface area (Å²) in [7, 11) is 0. The first-order valence-electron chi connectivity index (χ1n) is 10.6. The molecule has 3 heterocycles. The molecule has 6 nitrogen and oxygen atoms in total. The third-order valence-corrected chi connectivity index (χ3v) is 6.46. The molecule has 6 heteroatoms. The van der Waals surface area contributed by atoms with Crippen LogP contribution < -0.4 is 10.9 Å². The lowest BCUT2D eigenvalue weighted by Gasteiger charge is -2.36. The number of hydrazine groups is 1. The minimum atomic E-state index is 0.0842. The molecular formula is C21H32N4O2. The van der Waals surface area contributed by atoms with E-state index < -0.39 is 0 Å². The maximum absolute atomic E-state index is 13.1. The average Bonchev–Trinajstić information content (AvgIpc) is 3.23. The van der Waals surface area contributed by atoms with Gasteiger partial charge in [-0.2, -0.15) is 0 Å². The highest BCUT2D eigenvalue weighted by Gasteiger charge is 2.40. The predicted molar refractivity (Wildman–Crippen MR) is 104 cm³/mol. The van der Waals surface area contributed by atoms with Crippen molar-refractivity contribution in [3.63, 3.8) is 0 Å². The molecule has 1 aromatic heterocycles. The highest BCUT2D eigenvalue weighted by Crippen LogP contribution is 2.32. The Hall–Kier alpha value is -1.50. The zero-order valence-electron chi connectivity index (χ0n) is 16.1. The lowest BCUT2D eigenvalue weighted by atomic mass is 9.79. The van der Waals surface area contributed by atoms with E-state index in [9.17, 15) is 4.79 Å². The summed E-state index contributed by atoms with van der Waals surface area (Å²) >= 11 is 0. The summed E-state index contributed by atoms with van der Waals surface area (Å²) in [5.41, 5.74) is 7.78. The Morgan fingerprint density at radius 3 is 2.74 bits per heavy atom. The van der Waals surface area contributed by atoms with Crippen molar-refractivity contribution in [2.45, 2.75) is 63.7 Å². The van der Waals surface area contributed by atoms with Crippen LogP contribution in [0.4, 0.5) is 0 Å². The van der Waals surface area contributed by atoms with E-state index in [4.69, 9.17) is 4.74 Å². The first-order valence-corrected chi connectivity index (χ1v) is 10.6. The van der Waals surface area contributed by atoms with Crippen LogP contribution in [0, 0.1) is 11.8 Å². The van der Waals surface area contributed by atoms with Crippen LogP contribution in [0.25, 0.3) is 0 Å². The SMILES string of the molecule is O=C(C1CNNC1C1CCCCC1)N1CCC(OCc2cccnc2)CC1. The molecule has 1 saturated carbocycles. The van der Waals surface area contributed by atoms with E-state index in [1.165, 1.54) is 32.1 Å². The summed E-state index contributed by atoms with van der Waals surface area (Å²) in [6, 6.07) is 4.28. The van der Waals surface area contributed by atoms with Gasteiger partial charge in [0.25, 0.3) is 0 Å². The smallest absolute Gasteiger partial charge is 0.228 e. The van der Waals surface area contributed by atoms with Gasteiger partial charge in [-0.05, 0) is 43.2 Å². The Kier molecular flexibility index (Phi) is 6.37. The number of amides is 1. The van der Waals surface area contributed by atoms with Crippen LogP contribution in [-0.2, 0) is 16.1 Å². The van der Waals surface area contributed by atoms with Crippen LogP contribution in [0.5, 0.6) is 0 Å². The molecule has 2 unspecified atom stereocenters. The lowest BCUT2D eigenvalue weighted by molar-refractivity contribution is -0.138. The van der Waals surface area contributed by atoms with Crippen LogP contribution in [0.3, 0.4) is 0 Å². The zero-order valence-corrected chi connectivity index (χ0v) is 16.1. The molecule has 2 atom stereocenters. The third-order valence-electron chi connectivity index (χ3n) is 6.46. The number of hydrogen-bond donors (Lipinski definition) is 2. The van der Waals surface area contributed by atoms with Crippen molar-refractivity contribution in [2.24, 2.45) is 11.8 Å². The van der Waals surface area contributed by atoms with Crippen LogP contribution in [-0.4, -0.2) is 47.6 Å². The predicted octanol–water partition coefficient (Wildman–Crippen LogP) is 2.26. The monoisotopic (exact) mass is 372 g/mol. The third kappa shape index (κ3) is 4.68. The van der Waals surface area contributed by atoms with Gasteiger partial charge in [-0.1, -0.05) is 25.3 Å². The molecule has 2 N–H and O–H groups in total. The number of nitrogens with one attached hydrogen (secondary N) is 2. The number of rotatable bonds is 5. The molecular weight excluding hydrogens is 340 g/mol. The second-order valence-corrected chi connectivity index (χ2v) is 8.25. The molecule has 3 fully saturated rings. The number of piperidine rings is 1. The summed E-state index contributed by atoms with van der Waals surface area (Å²) in [5, 5.41) is 0. The summed E-state index contributed by atoms with van der Waals surface area (Å²) in [6.07, 6.45) is 12.2. The van der Waals surface area contributed by atoms with Crippen molar-refractivity contribution in [3.05, 3.63) is 30.1 Å². The minimum absolute atomic E-state index is 0.0842. The van der Waals surface area contributed by atoms with E-state index in [0.29, 0.717) is 24.5 Å². The van der Waals surface area contributed by atoms with Gasteiger partial charge in [-0.15, -0.1) is 0 Å². The molecule has 4 rings (SSSR count). The van der Waals surface area contributed by atoms with Gasteiger partial charge in [0.1, 0.15) is 0 Å². The molecule has 0 bridgehead atoms. The van der Waals surface area contributed by atoms with Gasteiger partial charge in [-0.3, -0.25) is 20.6 Å². The van der Waals surface area contributed by atoms with Crippen molar-refractivity contribution in [3.8, 4) is 0 Å². The molecule has 3 aliphatic rings. The zero-order chi connectivity index (χ0) is 18.5. The first-order chi connectivity index (χ1) is 13.3. The highest BCUT2D eigenvalue weighted by atomic mass is 16.5. The van der Waals surface area contributed by atoms with Crippen LogP contribution in [0.15, 0.2) is 24.5 Å². The van der Waals surface area contributed by atoms with Gasteiger partial charge in [0.2, 0.25) is 5.91 Å². The Bertz CT molecular complexity index is 597. The first kappa shape index (κ1) is 18.8. The number of ether oxygens (including phenoxy) is 1. The molecule has 1 aromatic rings. The Morgan fingerprint density at radius 2 is 2.00 bits per heavy atom. The molecule has 1 amide bonds. The van der Waals surface area contributed by atoms with Gasteiger partial charge >= 0.3 is 0 Å². The molecule has 1 aliphatic carbocycles. The molecule has 2 aliphatic heterocycles. The molecule has 0 radical (unpaired) electrons. The number of likely N-dealkylation sites (tertiary alicyclic amines) is 1. The quantitative estimate of drug-likeness (QED) is 0.830.